The summed E-state index contributed by atoms with van der Waals surface area (Å²) in [6.45, 7) is 0. The molecule has 0 saturated carbocycles. The van der Waals surface area contributed by atoms with Crippen molar-refractivity contribution in [1.82, 2.24) is 0 Å². The van der Waals surface area contributed by atoms with Gasteiger partial charge in [-0.05, 0) is 48.5 Å². The van der Waals surface area contributed by atoms with Crippen molar-refractivity contribution >= 4 is 29.7 Å². The van der Waals surface area contributed by atoms with E-state index in [0.717, 1.165) is 0 Å². The molecule has 25 nitrogen and oxygen atoms in total. The van der Waals surface area contributed by atoms with Gasteiger partial charge < -0.3 is 100 Å². The lowest BCUT2D eigenvalue weighted by Gasteiger charge is -2.44. The van der Waals surface area contributed by atoms with Crippen LogP contribution in [0.15, 0.2) is 48.5 Å². The highest BCUT2D eigenvalue weighted by atomic mass is 16.7. The maximum absolute atomic E-state index is 14.4. The summed E-state index contributed by atoms with van der Waals surface area (Å²) in [6.07, 6.45) is -13.4. The Morgan fingerprint density at radius 1 is 0.439 bits per heavy atom. The first-order valence-electron chi connectivity index (χ1n) is 18.3. The van der Waals surface area contributed by atoms with Crippen LogP contribution in [0.1, 0.15) is 58.2 Å². The number of hydrogen-bond donors (Lipinski definition) is 15. The van der Waals surface area contributed by atoms with E-state index in [-0.39, 0.29) is 0 Å². The van der Waals surface area contributed by atoms with Gasteiger partial charge in [-0.25, -0.2) is 19.2 Å². The van der Waals surface area contributed by atoms with Gasteiger partial charge in [-0.3, -0.25) is 4.79 Å². The largest absolute Gasteiger partial charge is 0.504 e. The average Bonchev–Trinajstić information content (AvgIpc) is 3.26. The molecular formula is C41H30O25. The number of aromatic hydroxyl groups is 15. The fourth-order valence-corrected chi connectivity index (χ4v) is 6.92. The maximum Gasteiger partial charge on any atom is 0.340 e. The molecule has 0 aliphatic carbocycles. The van der Waals surface area contributed by atoms with Crippen LogP contribution in [-0.2, 0) is 23.7 Å². The maximum atomic E-state index is 14.4. The summed E-state index contributed by atoms with van der Waals surface area (Å²) in [5.74, 6) is -25.8. The van der Waals surface area contributed by atoms with Gasteiger partial charge in [0.2, 0.25) is 23.9 Å². The zero-order valence-electron chi connectivity index (χ0n) is 32.5. The molecule has 2 heterocycles. The summed E-state index contributed by atoms with van der Waals surface area (Å²) in [6, 6.07) is 4.26. The van der Waals surface area contributed by atoms with Crippen LogP contribution in [-0.4, -0.2) is 137 Å². The highest BCUT2D eigenvalue weighted by Gasteiger charge is 2.55. The van der Waals surface area contributed by atoms with Gasteiger partial charge in [0.1, 0.15) is 6.10 Å². The van der Waals surface area contributed by atoms with Gasteiger partial charge in [0.15, 0.2) is 92.7 Å². The van der Waals surface area contributed by atoms with Crippen LogP contribution in [0.5, 0.6) is 86.2 Å². The van der Waals surface area contributed by atoms with Crippen molar-refractivity contribution in [3.63, 3.8) is 0 Å². The van der Waals surface area contributed by atoms with E-state index < -0.39 is 192 Å². The third-order valence-corrected chi connectivity index (χ3v) is 10.1. The minimum atomic E-state index is -2.55. The number of esters is 4. The molecule has 25 heteroatoms. The molecule has 15 N–H and O–H groups in total. The van der Waals surface area contributed by atoms with Crippen molar-refractivity contribution in [1.29, 1.82) is 0 Å². The number of hydrogen-bond acceptors (Lipinski definition) is 25. The summed E-state index contributed by atoms with van der Waals surface area (Å²) in [7, 11) is 0. The summed E-state index contributed by atoms with van der Waals surface area (Å²) in [5, 5.41) is 155. The molecule has 0 amide bonds. The highest BCUT2D eigenvalue weighted by molar-refractivity contribution is 6.11. The molecule has 1 fully saturated rings. The van der Waals surface area contributed by atoms with Crippen molar-refractivity contribution in [2.75, 3.05) is 0 Å². The number of carbonyl (C=O) groups is 5. The molecule has 0 aromatic heterocycles. The second-order valence-corrected chi connectivity index (χ2v) is 14.3. The standard InChI is InChI=1S/C41H30O25/c42-15-9-24-34(63-40(61)14-8-23(50)31(55)33(57)26(14)25-13(15)7-22(49)30(54)32(25)56)35(64-37(58)10-1-16(43)27(51)17(44)2-10)36(65-38(59)11-3-18(45)28(52)19(46)4-11)41(62-24)66-39(60)12-5-20(47)29(53)21(48)6-12/h1-8,24,34-36,41,43-57H,9H2/t24?,34?,35?,36?,41-/m0/s1. The number of rotatable bonds is 6. The Morgan fingerprint density at radius 3 is 1.21 bits per heavy atom. The zero-order chi connectivity index (χ0) is 48.4. The van der Waals surface area contributed by atoms with Gasteiger partial charge in [-0.1, -0.05) is 0 Å². The smallest absolute Gasteiger partial charge is 0.340 e. The monoisotopic (exact) mass is 922 g/mol. The number of phenolic OH excluding ortho intramolecular Hbond substituents is 15. The lowest BCUT2D eigenvalue weighted by molar-refractivity contribution is -0.277. The van der Waals surface area contributed by atoms with Gasteiger partial charge in [0, 0.05) is 23.1 Å². The van der Waals surface area contributed by atoms with Crippen LogP contribution in [0, 0.1) is 0 Å². The zero-order valence-corrected chi connectivity index (χ0v) is 32.5. The molecule has 66 heavy (non-hydrogen) atoms. The molecule has 2 aliphatic rings. The quantitative estimate of drug-likeness (QED) is 0.0658. The Labute approximate surface area is 364 Å². The van der Waals surface area contributed by atoms with E-state index in [2.05, 4.69) is 0 Å². The molecule has 5 atom stereocenters. The second kappa shape index (κ2) is 16.4. The minimum Gasteiger partial charge on any atom is -0.504 e. The summed E-state index contributed by atoms with van der Waals surface area (Å²) >= 11 is 0. The molecular weight excluding hydrogens is 892 g/mol. The Balaban J connectivity index is 1.45. The Morgan fingerprint density at radius 2 is 0.788 bits per heavy atom. The van der Waals surface area contributed by atoms with Crippen LogP contribution < -0.4 is 0 Å². The van der Waals surface area contributed by atoms with Gasteiger partial charge in [0.05, 0.1) is 22.3 Å². The number of ether oxygens (including phenoxy) is 5. The first kappa shape index (κ1) is 44.7. The van der Waals surface area contributed by atoms with E-state index in [4.69, 9.17) is 23.7 Å². The summed E-state index contributed by atoms with van der Waals surface area (Å²) in [5.41, 5.74) is -6.30. The average molecular weight is 923 g/mol. The number of carbonyl (C=O) groups excluding carboxylic acids is 5. The molecule has 344 valence electrons. The molecule has 2 aliphatic heterocycles. The van der Waals surface area contributed by atoms with Gasteiger partial charge in [-0.15, -0.1) is 0 Å². The van der Waals surface area contributed by atoms with Crippen LogP contribution in [0.4, 0.5) is 0 Å². The summed E-state index contributed by atoms with van der Waals surface area (Å²) < 4.78 is 28.2. The molecule has 4 unspecified atom stereocenters. The molecule has 7 rings (SSSR count). The Bertz CT molecular complexity index is 2850. The lowest BCUT2D eigenvalue weighted by Crippen LogP contribution is -2.62. The fourth-order valence-electron chi connectivity index (χ4n) is 6.92. The number of benzene rings is 5. The van der Waals surface area contributed by atoms with E-state index in [9.17, 15) is 101 Å². The van der Waals surface area contributed by atoms with Gasteiger partial charge in [0.25, 0.3) is 0 Å². The predicted molar refractivity (Wildman–Crippen MR) is 207 cm³/mol. The number of Topliss-reactive ketones (excluding diaryl/α,β-unsaturated/α-hetero) is 1. The van der Waals surface area contributed by atoms with Crippen molar-refractivity contribution in [3.05, 3.63) is 76.3 Å². The molecule has 0 radical (unpaired) electrons. The molecule has 5 aromatic rings. The van der Waals surface area contributed by atoms with Crippen molar-refractivity contribution < 1.29 is 124 Å². The van der Waals surface area contributed by atoms with Crippen LogP contribution in [0.25, 0.3) is 11.1 Å². The first-order chi connectivity index (χ1) is 31.0. The predicted octanol–water partition coefficient (Wildman–Crippen LogP) is 2.08. The first-order valence-corrected chi connectivity index (χ1v) is 18.3. The lowest BCUT2D eigenvalue weighted by atomic mass is 9.86. The fraction of sp³-hybridized carbons (Fsp3) is 0.146. The van der Waals surface area contributed by atoms with Crippen LogP contribution in [0.3, 0.4) is 0 Å². The van der Waals surface area contributed by atoms with E-state index in [1.54, 1.807) is 0 Å². The van der Waals surface area contributed by atoms with Gasteiger partial charge >= 0.3 is 23.9 Å². The molecule has 5 aromatic carbocycles. The summed E-state index contributed by atoms with van der Waals surface area (Å²) in [4.78, 5) is 70.1. The topological polar surface area (TPSA) is 435 Å². The number of fused-ring (bicyclic) bond motifs is 4. The van der Waals surface area contributed by atoms with Crippen LogP contribution >= 0.6 is 0 Å². The SMILES string of the molecule is O=C(OC1C2OC(=O)c3cc(O)c(O)c(O)c3-c3c(cc(O)c(O)c3O)C(=O)CC2O[C@@H](OC(=O)c2cc(O)c(O)c(O)c2)C1OC(=O)c1cc(O)c(O)c(O)c1)c1cc(O)c(O)c(O)c1. The Hall–Kier alpha value is -9.39. The number of ketones is 1. The van der Waals surface area contributed by atoms with Crippen molar-refractivity contribution in [2.45, 2.75) is 37.1 Å². The van der Waals surface area contributed by atoms with E-state index >= 15 is 0 Å². The molecule has 0 bridgehead atoms. The third kappa shape index (κ3) is 7.72. The van der Waals surface area contributed by atoms with E-state index in [1.165, 1.54) is 0 Å². The van der Waals surface area contributed by atoms with Crippen molar-refractivity contribution in [3.8, 4) is 97.4 Å². The van der Waals surface area contributed by atoms with E-state index in [0.29, 0.717) is 48.5 Å². The van der Waals surface area contributed by atoms with Gasteiger partial charge in [-0.2, -0.15) is 0 Å². The number of phenols is 15. The van der Waals surface area contributed by atoms with E-state index in [1.807, 2.05) is 0 Å². The normalized spacial score (nSPS) is 19.0. The highest BCUT2D eigenvalue weighted by Crippen LogP contribution is 2.53. The van der Waals surface area contributed by atoms with Crippen molar-refractivity contribution in [2.24, 2.45) is 0 Å². The molecule has 1 saturated heterocycles. The van der Waals surface area contributed by atoms with Crippen LogP contribution in [0.2, 0.25) is 0 Å². The Kier molecular flexibility index (Phi) is 11.1. The minimum absolute atomic E-state index is 0.433. The third-order valence-electron chi connectivity index (χ3n) is 10.1. The second-order valence-electron chi connectivity index (χ2n) is 14.3. The molecule has 0 spiro atoms.